The standard InChI is InChI=1S/C18H19F3N6O2/c1-9-16(10(2)26(3)24-9)23-17(28)12-8-15-22-11(13-5-4-6-29-13)7-14(18(19,20)21)27(15)25-12/h4-6,8,11,14,22H,7H2,1-3H3,(H,23,28)/t11-,14+/m0/s1. The number of nitrogens with zero attached hydrogens (tertiary/aromatic N) is 4. The number of rotatable bonds is 3. The molecule has 0 saturated heterocycles. The molecular formula is C18H19F3N6O2. The van der Waals surface area contributed by atoms with Gasteiger partial charge < -0.3 is 15.1 Å². The molecule has 0 unspecified atom stereocenters. The zero-order chi connectivity index (χ0) is 20.9. The number of nitrogens with one attached hydrogen (secondary N) is 2. The van der Waals surface area contributed by atoms with E-state index in [1.54, 1.807) is 37.7 Å². The van der Waals surface area contributed by atoms with E-state index in [9.17, 15) is 18.0 Å². The van der Waals surface area contributed by atoms with E-state index >= 15 is 0 Å². The third kappa shape index (κ3) is 3.36. The molecule has 0 saturated carbocycles. The molecule has 1 amide bonds. The summed E-state index contributed by atoms with van der Waals surface area (Å²) in [6.45, 7) is 3.51. The van der Waals surface area contributed by atoms with E-state index in [0.717, 1.165) is 10.4 Å². The number of carbonyl (C=O) groups is 1. The number of furan rings is 1. The number of halogens is 3. The van der Waals surface area contributed by atoms with E-state index in [4.69, 9.17) is 4.42 Å². The van der Waals surface area contributed by atoms with Crippen LogP contribution in [0, 0.1) is 13.8 Å². The SMILES string of the molecule is Cc1nn(C)c(C)c1NC(=O)c1cc2n(n1)[C@@H](C(F)(F)F)C[C@@H](c1ccco1)N2. The highest BCUT2D eigenvalue weighted by Crippen LogP contribution is 2.43. The van der Waals surface area contributed by atoms with Crippen molar-refractivity contribution in [3.63, 3.8) is 0 Å². The first-order valence-corrected chi connectivity index (χ1v) is 8.93. The average molecular weight is 408 g/mol. The lowest BCUT2D eigenvalue weighted by atomic mass is 10.0. The Hall–Kier alpha value is -3.24. The molecular weight excluding hydrogens is 389 g/mol. The minimum Gasteiger partial charge on any atom is -0.467 e. The van der Waals surface area contributed by atoms with Crippen molar-refractivity contribution in [2.75, 3.05) is 10.6 Å². The van der Waals surface area contributed by atoms with Crippen LogP contribution in [0.4, 0.5) is 24.7 Å². The molecule has 0 spiro atoms. The van der Waals surface area contributed by atoms with Gasteiger partial charge >= 0.3 is 6.18 Å². The fourth-order valence-corrected chi connectivity index (χ4v) is 3.49. The van der Waals surface area contributed by atoms with Gasteiger partial charge in [-0.3, -0.25) is 9.48 Å². The molecule has 0 aromatic carbocycles. The molecule has 1 aliphatic rings. The third-order valence-electron chi connectivity index (χ3n) is 5.06. The van der Waals surface area contributed by atoms with Gasteiger partial charge in [0, 0.05) is 19.5 Å². The molecule has 4 heterocycles. The van der Waals surface area contributed by atoms with Crippen molar-refractivity contribution in [1.29, 1.82) is 0 Å². The van der Waals surface area contributed by atoms with Gasteiger partial charge in [-0.2, -0.15) is 23.4 Å². The lowest BCUT2D eigenvalue weighted by Gasteiger charge is -2.32. The van der Waals surface area contributed by atoms with Gasteiger partial charge in [0.15, 0.2) is 11.7 Å². The van der Waals surface area contributed by atoms with Crippen LogP contribution < -0.4 is 10.6 Å². The van der Waals surface area contributed by atoms with Crippen molar-refractivity contribution >= 4 is 17.4 Å². The summed E-state index contributed by atoms with van der Waals surface area (Å²) in [5.41, 5.74) is 1.72. The summed E-state index contributed by atoms with van der Waals surface area (Å²) in [6, 6.07) is 1.98. The second-order valence-electron chi connectivity index (χ2n) is 6.99. The maximum absolute atomic E-state index is 13.7. The Kier molecular flexibility index (Phi) is 4.39. The molecule has 4 rings (SSSR count). The number of aryl methyl sites for hydroxylation is 2. The number of hydrogen-bond donors (Lipinski definition) is 2. The summed E-state index contributed by atoms with van der Waals surface area (Å²) in [4.78, 5) is 12.7. The van der Waals surface area contributed by atoms with Crippen LogP contribution in [-0.2, 0) is 7.05 Å². The van der Waals surface area contributed by atoms with E-state index in [1.165, 1.54) is 12.3 Å². The molecule has 2 N–H and O–H groups in total. The van der Waals surface area contributed by atoms with Crippen LogP contribution in [0.15, 0.2) is 28.9 Å². The molecule has 11 heteroatoms. The highest BCUT2D eigenvalue weighted by atomic mass is 19.4. The molecule has 8 nitrogen and oxygen atoms in total. The van der Waals surface area contributed by atoms with E-state index < -0.39 is 24.2 Å². The van der Waals surface area contributed by atoms with Gasteiger partial charge in [-0.05, 0) is 26.0 Å². The minimum absolute atomic E-state index is 0.102. The van der Waals surface area contributed by atoms with Crippen molar-refractivity contribution < 1.29 is 22.4 Å². The van der Waals surface area contributed by atoms with Crippen molar-refractivity contribution in [1.82, 2.24) is 19.6 Å². The highest BCUT2D eigenvalue weighted by molar-refractivity contribution is 6.04. The van der Waals surface area contributed by atoms with Crippen LogP contribution in [0.25, 0.3) is 0 Å². The van der Waals surface area contributed by atoms with Gasteiger partial charge in [0.1, 0.15) is 11.6 Å². The Balaban J connectivity index is 1.66. The number of fused-ring (bicyclic) bond motifs is 1. The Morgan fingerprint density at radius 1 is 1.34 bits per heavy atom. The third-order valence-corrected chi connectivity index (χ3v) is 5.06. The molecule has 0 bridgehead atoms. The van der Waals surface area contributed by atoms with Crippen molar-refractivity contribution in [3.8, 4) is 0 Å². The van der Waals surface area contributed by atoms with Crippen LogP contribution in [0.2, 0.25) is 0 Å². The van der Waals surface area contributed by atoms with Crippen molar-refractivity contribution in [2.45, 2.75) is 38.5 Å². The van der Waals surface area contributed by atoms with Crippen molar-refractivity contribution in [2.24, 2.45) is 7.05 Å². The smallest absolute Gasteiger partial charge is 0.410 e. The molecule has 2 atom stereocenters. The maximum atomic E-state index is 13.7. The second kappa shape index (κ2) is 6.68. The Morgan fingerprint density at radius 2 is 2.10 bits per heavy atom. The molecule has 1 aliphatic heterocycles. The second-order valence-corrected chi connectivity index (χ2v) is 6.99. The molecule has 29 heavy (non-hydrogen) atoms. The first-order chi connectivity index (χ1) is 13.6. The fraction of sp³-hybridized carbons (Fsp3) is 0.389. The van der Waals surface area contributed by atoms with E-state index in [0.29, 0.717) is 17.1 Å². The number of carbonyl (C=O) groups excluding carboxylic acids is 1. The van der Waals surface area contributed by atoms with Crippen LogP contribution >= 0.6 is 0 Å². The minimum atomic E-state index is -4.53. The fourth-order valence-electron chi connectivity index (χ4n) is 3.49. The number of alkyl halides is 3. The van der Waals surface area contributed by atoms with Gasteiger partial charge in [-0.1, -0.05) is 0 Å². The number of hydrogen-bond acceptors (Lipinski definition) is 5. The van der Waals surface area contributed by atoms with Crippen LogP contribution in [0.1, 0.15) is 46.1 Å². The maximum Gasteiger partial charge on any atom is 0.410 e. The highest BCUT2D eigenvalue weighted by Gasteiger charge is 2.47. The molecule has 3 aromatic rings. The summed E-state index contributed by atoms with van der Waals surface area (Å²) in [5.74, 6) is -0.118. The summed E-state index contributed by atoms with van der Waals surface area (Å²) in [7, 11) is 1.74. The van der Waals surface area contributed by atoms with E-state index in [2.05, 4.69) is 20.8 Å². The van der Waals surface area contributed by atoms with E-state index in [1.807, 2.05) is 0 Å². The first kappa shape index (κ1) is 19.1. The van der Waals surface area contributed by atoms with Gasteiger partial charge in [0.05, 0.1) is 29.4 Å². The lowest BCUT2D eigenvalue weighted by Crippen LogP contribution is -2.35. The average Bonchev–Trinajstić information content (AvgIpc) is 3.36. The van der Waals surface area contributed by atoms with Crippen LogP contribution in [0.3, 0.4) is 0 Å². The number of amides is 1. The number of aromatic nitrogens is 4. The normalized spacial score (nSPS) is 19.0. The van der Waals surface area contributed by atoms with Crippen molar-refractivity contribution in [3.05, 3.63) is 47.3 Å². The molecule has 3 aromatic heterocycles. The Labute approximate surface area is 163 Å². The summed E-state index contributed by atoms with van der Waals surface area (Å²) < 4.78 is 48.7. The van der Waals surface area contributed by atoms with Gasteiger partial charge in [0.25, 0.3) is 5.91 Å². The van der Waals surface area contributed by atoms with Crippen LogP contribution in [0.5, 0.6) is 0 Å². The molecule has 154 valence electrons. The van der Waals surface area contributed by atoms with Crippen LogP contribution in [-0.4, -0.2) is 31.6 Å². The Bertz CT molecular complexity index is 1050. The molecule has 0 fully saturated rings. The first-order valence-electron chi connectivity index (χ1n) is 8.93. The summed E-state index contributed by atoms with van der Waals surface area (Å²) in [5, 5.41) is 13.8. The molecule has 0 radical (unpaired) electrons. The monoisotopic (exact) mass is 408 g/mol. The summed E-state index contributed by atoms with van der Waals surface area (Å²) >= 11 is 0. The summed E-state index contributed by atoms with van der Waals surface area (Å²) in [6.07, 6.45) is -3.42. The lowest BCUT2D eigenvalue weighted by molar-refractivity contribution is -0.174. The quantitative estimate of drug-likeness (QED) is 0.689. The van der Waals surface area contributed by atoms with E-state index in [-0.39, 0.29) is 17.9 Å². The topological polar surface area (TPSA) is 89.9 Å². The zero-order valence-corrected chi connectivity index (χ0v) is 15.9. The number of anilines is 2. The van der Waals surface area contributed by atoms with Gasteiger partial charge in [0.2, 0.25) is 0 Å². The predicted octanol–water partition coefficient (Wildman–Crippen LogP) is 3.74. The Morgan fingerprint density at radius 3 is 2.69 bits per heavy atom. The molecule has 0 aliphatic carbocycles. The van der Waals surface area contributed by atoms with Gasteiger partial charge in [-0.15, -0.1) is 0 Å². The van der Waals surface area contributed by atoms with Gasteiger partial charge in [-0.25, -0.2) is 4.68 Å². The zero-order valence-electron chi connectivity index (χ0n) is 15.9. The largest absolute Gasteiger partial charge is 0.467 e. The predicted molar refractivity (Wildman–Crippen MR) is 97.6 cm³/mol.